The maximum atomic E-state index is 5.98. The predicted octanol–water partition coefficient (Wildman–Crippen LogP) is 3.99. The van der Waals surface area contributed by atoms with Gasteiger partial charge in [0.15, 0.2) is 8.32 Å². The molecule has 4 heteroatoms. The highest BCUT2D eigenvalue weighted by atomic mass is 28.4. The lowest BCUT2D eigenvalue weighted by Gasteiger charge is -2.31. The van der Waals surface area contributed by atoms with Gasteiger partial charge in [-0.25, -0.2) is 0 Å². The van der Waals surface area contributed by atoms with Crippen LogP contribution in [0.15, 0.2) is 0 Å². The molecule has 0 aromatic rings. The lowest BCUT2D eigenvalue weighted by atomic mass is 10.6. The molecule has 0 radical (unpaired) electrons. The number of hydrogen-bond acceptors (Lipinski definition) is 2. The molecule has 0 rings (SSSR count). The van der Waals surface area contributed by atoms with E-state index < -0.39 is 16.9 Å². The van der Waals surface area contributed by atoms with E-state index in [9.17, 15) is 0 Å². The molecular formula is C10H28O2Si2. The molecule has 0 heterocycles. The quantitative estimate of drug-likeness (QED) is 0.687. The predicted molar refractivity (Wildman–Crippen MR) is 69.5 cm³/mol. The molecule has 0 saturated carbocycles. The Bertz CT molecular complexity index is 122. The summed E-state index contributed by atoms with van der Waals surface area (Å²) in [5.41, 5.74) is 0. The van der Waals surface area contributed by atoms with Crippen molar-refractivity contribution in [2.24, 2.45) is 0 Å². The highest BCUT2D eigenvalue weighted by Crippen LogP contribution is 2.17. The zero-order chi connectivity index (χ0) is 11.8. The van der Waals surface area contributed by atoms with E-state index in [4.69, 9.17) is 8.54 Å². The van der Waals surface area contributed by atoms with Crippen LogP contribution in [0.2, 0.25) is 32.2 Å². The van der Waals surface area contributed by atoms with Gasteiger partial charge in [0.05, 0.1) is 0 Å². The summed E-state index contributed by atoms with van der Waals surface area (Å²) >= 11 is 0. The Kier molecular flexibility index (Phi) is 9.13. The zero-order valence-corrected chi connectivity index (χ0v) is 13.2. The summed E-state index contributed by atoms with van der Waals surface area (Å²) in [7, 11) is -1.43. The second kappa shape index (κ2) is 7.62. The summed E-state index contributed by atoms with van der Waals surface area (Å²) in [6, 6.07) is 1.16. The van der Waals surface area contributed by atoms with Crippen molar-refractivity contribution in [1.82, 2.24) is 0 Å². The lowest BCUT2D eigenvalue weighted by Crippen LogP contribution is -2.45. The second-order valence-corrected chi connectivity index (χ2v) is 12.8. The lowest BCUT2D eigenvalue weighted by molar-refractivity contribution is 0.310. The molecule has 0 N–H and O–H groups in total. The van der Waals surface area contributed by atoms with Crippen LogP contribution < -0.4 is 0 Å². The van der Waals surface area contributed by atoms with Crippen molar-refractivity contribution in [1.29, 1.82) is 0 Å². The Morgan fingerprint density at radius 3 is 1.50 bits per heavy atom. The van der Waals surface area contributed by atoms with Crippen LogP contribution in [0, 0.1) is 0 Å². The third kappa shape index (κ3) is 10.4. The zero-order valence-electron chi connectivity index (χ0n) is 11.2. The number of rotatable bonds is 4. The molecule has 0 aromatic carbocycles. The van der Waals surface area contributed by atoms with Gasteiger partial charge in [-0.1, -0.05) is 27.2 Å². The molecule has 88 valence electrons. The fourth-order valence-corrected chi connectivity index (χ4v) is 7.01. The van der Waals surface area contributed by atoms with E-state index in [2.05, 4.69) is 47.0 Å². The van der Waals surface area contributed by atoms with Gasteiger partial charge in [-0.2, -0.15) is 0 Å². The largest absolute Gasteiger partial charge is 0.436 e. The van der Waals surface area contributed by atoms with Crippen molar-refractivity contribution < 1.29 is 8.54 Å². The van der Waals surface area contributed by atoms with Gasteiger partial charge < -0.3 is 8.54 Å². The molecule has 0 aliphatic rings. The van der Waals surface area contributed by atoms with Crippen molar-refractivity contribution in [3.8, 4) is 0 Å². The van der Waals surface area contributed by atoms with Crippen LogP contribution in [-0.4, -0.2) is 24.0 Å². The first-order valence-electron chi connectivity index (χ1n) is 5.50. The van der Waals surface area contributed by atoms with E-state index in [0.717, 1.165) is 6.04 Å². The third-order valence-electron chi connectivity index (χ3n) is 1.87. The average Bonchev–Trinajstić information content (AvgIpc) is 2.04. The first-order chi connectivity index (χ1) is 6.24. The molecule has 0 aliphatic carbocycles. The first-order valence-corrected chi connectivity index (χ1v) is 11.4. The van der Waals surface area contributed by atoms with Gasteiger partial charge in [0.2, 0.25) is 0 Å². The van der Waals surface area contributed by atoms with Crippen LogP contribution in [0.3, 0.4) is 0 Å². The molecule has 0 atom stereocenters. The maximum Gasteiger partial charge on any atom is 0.321 e. The van der Waals surface area contributed by atoms with Gasteiger partial charge in [0.25, 0.3) is 0 Å². The van der Waals surface area contributed by atoms with Gasteiger partial charge in [-0.05, 0) is 32.2 Å². The maximum absolute atomic E-state index is 5.98. The van der Waals surface area contributed by atoms with E-state index in [0.29, 0.717) is 0 Å². The molecule has 0 saturated heterocycles. The Hall–Kier alpha value is 0.354. The molecule has 14 heavy (non-hydrogen) atoms. The van der Waals surface area contributed by atoms with E-state index >= 15 is 0 Å². The summed E-state index contributed by atoms with van der Waals surface area (Å²) in [6.45, 7) is 15.1. The standard InChI is InChI=1S/C7H20O2Si2.C3H8/c1-7-10(3,4)9-11(5,6)8-2;1-3-2/h7H2,1-6H3;3H2,1-2H3. The molecule has 2 nitrogen and oxygen atoms in total. The van der Waals surface area contributed by atoms with Crippen LogP contribution in [0.5, 0.6) is 0 Å². The van der Waals surface area contributed by atoms with Crippen LogP contribution in [-0.2, 0) is 8.54 Å². The van der Waals surface area contributed by atoms with E-state index in [1.807, 2.05) is 0 Å². The fraction of sp³-hybridized carbons (Fsp3) is 1.00. The van der Waals surface area contributed by atoms with Gasteiger partial charge in [0, 0.05) is 7.11 Å². The van der Waals surface area contributed by atoms with E-state index in [1.54, 1.807) is 7.11 Å². The summed E-state index contributed by atoms with van der Waals surface area (Å²) in [6.07, 6.45) is 1.25. The van der Waals surface area contributed by atoms with Gasteiger partial charge in [-0.3, -0.25) is 0 Å². The molecule has 0 spiro atoms. The van der Waals surface area contributed by atoms with E-state index in [1.165, 1.54) is 6.42 Å². The van der Waals surface area contributed by atoms with Crippen molar-refractivity contribution in [2.75, 3.05) is 7.11 Å². The molecular weight excluding hydrogens is 208 g/mol. The normalized spacial score (nSPS) is 12.0. The van der Waals surface area contributed by atoms with Gasteiger partial charge >= 0.3 is 8.56 Å². The monoisotopic (exact) mass is 236 g/mol. The fourth-order valence-electron chi connectivity index (χ4n) is 0.779. The van der Waals surface area contributed by atoms with Crippen molar-refractivity contribution in [3.05, 3.63) is 0 Å². The highest BCUT2D eigenvalue weighted by Gasteiger charge is 2.32. The first kappa shape index (κ1) is 16.8. The van der Waals surface area contributed by atoms with Crippen molar-refractivity contribution in [3.63, 3.8) is 0 Å². The summed E-state index contributed by atoms with van der Waals surface area (Å²) in [5, 5.41) is 0. The van der Waals surface area contributed by atoms with Crippen molar-refractivity contribution >= 4 is 16.9 Å². The number of hydrogen-bond donors (Lipinski definition) is 0. The smallest absolute Gasteiger partial charge is 0.321 e. The Morgan fingerprint density at radius 1 is 0.929 bits per heavy atom. The average molecular weight is 237 g/mol. The Balaban J connectivity index is 0. The summed E-state index contributed by atoms with van der Waals surface area (Å²) in [5.74, 6) is 0. The SMILES string of the molecule is CCC.CC[Si](C)(C)O[Si](C)(C)OC. The second-order valence-electron chi connectivity index (χ2n) is 4.53. The third-order valence-corrected chi connectivity index (χ3v) is 8.73. The molecule has 0 bridgehead atoms. The molecule has 0 amide bonds. The summed E-state index contributed by atoms with van der Waals surface area (Å²) < 4.78 is 11.3. The van der Waals surface area contributed by atoms with E-state index in [-0.39, 0.29) is 0 Å². The van der Waals surface area contributed by atoms with Gasteiger partial charge in [-0.15, -0.1) is 0 Å². The molecule has 0 aliphatic heterocycles. The van der Waals surface area contributed by atoms with Crippen LogP contribution >= 0.6 is 0 Å². The highest BCUT2D eigenvalue weighted by molar-refractivity contribution is 6.82. The molecule has 0 aromatic heterocycles. The van der Waals surface area contributed by atoms with Crippen LogP contribution in [0.25, 0.3) is 0 Å². The molecule has 0 unspecified atom stereocenters. The van der Waals surface area contributed by atoms with Crippen LogP contribution in [0.4, 0.5) is 0 Å². The molecule has 0 fully saturated rings. The minimum Gasteiger partial charge on any atom is -0.436 e. The Morgan fingerprint density at radius 2 is 1.29 bits per heavy atom. The van der Waals surface area contributed by atoms with Gasteiger partial charge in [0.1, 0.15) is 0 Å². The van der Waals surface area contributed by atoms with Crippen molar-refractivity contribution in [2.45, 2.75) is 59.4 Å². The topological polar surface area (TPSA) is 18.5 Å². The Labute approximate surface area is 92.4 Å². The minimum absolute atomic E-state index is 1.16. The minimum atomic E-state index is -1.77. The summed E-state index contributed by atoms with van der Waals surface area (Å²) in [4.78, 5) is 0. The van der Waals surface area contributed by atoms with Crippen LogP contribution in [0.1, 0.15) is 27.2 Å².